The van der Waals surface area contributed by atoms with Crippen LogP contribution in [0.2, 0.25) is 0 Å². The lowest BCUT2D eigenvalue weighted by molar-refractivity contribution is 0.0430. The van der Waals surface area contributed by atoms with Crippen LogP contribution in [0.1, 0.15) is 12.8 Å². The van der Waals surface area contributed by atoms with Gasteiger partial charge in [0.25, 0.3) is 0 Å². The molecule has 0 bridgehead atoms. The lowest BCUT2D eigenvalue weighted by Gasteiger charge is -2.07. The fourth-order valence-electron chi connectivity index (χ4n) is 0.530. The Morgan fingerprint density at radius 3 is 2.50 bits per heavy atom. The van der Waals surface area contributed by atoms with E-state index in [9.17, 15) is 0 Å². The normalized spacial score (nSPS) is 23.2. The molecule has 0 heterocycles. The standard InChI is InChI=1S/C5H12N2O/c6-3-4-8-5(7)1-2-5/h1-4,6-7H2. The summed E-state index contributed by atoms with van der Waals surface area (Å²) in [4.78, 5) is 0. The first-order valence-corrected chi connectivity index (χ1v) is 2.90. The molecular weight excluding hydrogens is 104 g/mol. The van der Waals surface area contributed by atoms with E-state index in [1.165, 1.54) is 0 Å². The molecule has 4 N–H and O–H groups in total. The Bertz CT molecular complexity index is 80.5. The fourth-order valence-corrected chi connectivity index (χ4v) is 0.530. The van der Waals surface area contributed by atoms with Crippen LogP contribution in [0.4, 0.5) is 0 Å². The molecule has 1 aliphatic carbocycles. The summed E-state index contributed by atoms with van der Waals surface area (Å²) in [6.07, 6.45) is 1.99. The molecule has 0 saturated heterocycles. The Morgan fingerprint density at radius 1 is 1.50 bits per heavy atom. The van der Waals surface area contributed by atoms with Crippen molar-refractivity contribution in [2.45, 2.75) is 18.6 Å². The summed E-state index contributed by atoms with van der Waals surface area (Å²) >= 11 is 0. The number of rotatable bonds is 3. The molecule has 1 saturated carbocycles. The molecule has 0 aromatic rings. The van der Waals surface area contributed by atoms with Gasteiger partial charge in [0.05, 0.1) is 6.61 Å². The van der Waals surface area contributed by atoms with Gasteiger partial charge in [-0.2, -0.15) is 0 Å². The van der Waals surface area contributed by atoms with Crippen molar-refractivity contribution in [1.82, 2.24) is 0 Å². The molecular formula is C5H12N2O. The van der Waals surface area contributed by atoms with E-state index in [1.54, 1.807) is 0 Å². The van der Waals surface area contributed by atoms with Crippen LogP contribution in [-0.4, -0.2) is 18.9 Å². The van der Waals surface area contributed by atoms with Gasteiger partial charge in [0.15, 0.2) is 0 Å². The number of ether oxygens (including phenoxy) is 1. The molecule has 0 aromatic carbocycles. The molecule has 0 aromatic heterocycles. The van der Waals surface area contributed by atoms with Crippen molar-refractivity contribution in [3.05, 3.63) is 0 Å². The minimum Gasteiger partial charge on any atom is -0.360 e. The van der Waals surface area contributed by atoms with Gasteiger partial charge in [0, 0.05) is 6.54 Å². The van der Waals surface area contributed by atoms with Crippen molar-refractivity contribution in [3.63, 3.8) is 0 Å². The van der Waals surface area contributed by atoms with Crippen LogP contribution in [0.15, 0.2) is 0 Å². The first kappa shape index (κ1) is 6.01. The Hall–Kier alpha value is -0.120. The minimum absolute atomic E-state index is 0.278. The topological polar surface area (TPSA) is 61.3 Å². The summed E-state index contributed by atoms with van der Waals surface area (Å²) in [5, 5.41) is 0. The highest BCUT2D eigenvalue weighted by Gasteiger charge is 2.39. The molecule has 1 fully saturated rings. The molecule has 48 valence electrons. The molecule has 0 radical (unpaired) electrons. The first-order valence-electron chi connectivity index (χ1n) is 2.90. The average molecular weight is 116 g/mol. The maximum atomic E-state index is 5.55. The third-order valence-corrected chi connectivity index (χ3v) is 1.25. The zero-order chi connectivity index (χ0) is 6.04. The highest BCUT2D eigenvalue weighted by atomic mass is 16.5. The monoisotopic (exact) mass is 116 g/mol. The van der Waals surface area contributed by atoms with E-state index >= 15 is 0 Å². The summed E-state index contributed by atoms with van der Waals surface area (Å²) in [6.45, 7) is 1.16. The van der Waals surface area contributed by atoms with Gasteiger partial charge in [0.2, 0.25) is 0 Å². The van der Waals surface area contributed by atoms with Crippen molar-refractivity contribution in [2.75, 3.05) is 13.2 Å². The summed E-state index contributed by atoms with van der Waals surface area (Å²) < 4.78 is 5.14. The highest BCUT2D eigenvalue weighted by molar-refractivity contribution is 4.88. The number of nitrogens with two attached hydrogens (primary N) is 2. The molecule has 0 amide bonds. The third-order valence-electron chi connectivity index (χ3n) is 1.25. The highest BCUT2D eigenvalue weighted by Crippen LogP contribution is 2.32. The molecule has 1 rings (SSSR count). The van der Waals surface area contributed by atoms with Crippen LogP contribution in [-0.2, 0) is 4.74 Å². The Kier molecular flexibility index (Phi) is 1.51. The molecule has 0 unspecified atom stereocenters. The summed E-state index contributed by atoms with van der Waals surface area (Å²) in [5.41, 5.74) is 10.5. The van der Waals surface area contributed by atoms with Gasteiger partial charge in [-0.1, -0.05) is 0 Å². The summed E-state index contributed by atoms with van der Waals surface area (Å²) in [7, 11) is 0. The van der Waals surface area contributed by atoms with Gasteiger partial charge in [0.1, 0.15) is 5.72 Å². The van der Waals surface area contributed by atoms with E-state index in [0.29, 0.717) is 13.2 Å². The van der Waals surface area contributed by atoms with E-state index < -0.39 is 0 Å². The van der Waals surface area contributed by atoms with Gasteiger partial charge in [-0.05, 0) is 12.8 Å². The van der Waals surface area contributed by atoms with Gasteiger partial charge in [-0.25, -0.2) is 0 Å². The fraction of sp³-hybridized carbons (Fsp3) is 1.00. The van der Waals surface area contributed by atoms with Gasteiger partial charge in [-0.3, -0.25) is 0 Å². The Balaban J connectivity index is 2.01. The molecule has 0 aliphatic heterocycles. The van der Waals surface area contributed by atoms with Gasteiger partial charge in [-0.15, -0.1) is 0 Å². The largest absolute Gasteiger partial charge is 0.360 e. The molecule has 3 heteroatoms. The van der Waals surface area contributed by atoms with E-state index in [2.05, 4.69) is 0 Å². The maximum absolute atomic E-state index is 5.55. The second-order valence-corrected chi connectivity index (χ2v) is 2.20. The van der Waals surface area contributed by atoms with Crippen molar-refractivity contribution in [2.24, 2.45) is 11.5 Å². The van der Waals surface area contributed by atoms with Crippen molar-refractivity contribution < 1.29 is 4.74 Å². The Labute approximate surface area is 49.0 Å². The van der Waals surface area contributed by atoms with Crippen LogP contribution in [0.5, 0.6) is 0 Å². The number of hydrogen-bond donors (Lipinski definition) is 2. The quantitative estimate of drug-likeness (QED) is 0.484. The third kappa shape index (κ3) is 1.43. The zero-order valence-corrected chi connectivity index (χ0v) is 4.89. The predicted molar refractivity (Wildman–Crippen MR) is 31.2 cm³/mol. The molecule has 8 heavy (non-hydrogen) atoms. The van der Waals surface area contributed by atoms with Gasteiger partial charge < -0.3 is 16.2 Å². The van der Waals surface area contributed by atoms with Crippen molar-refractivity contribution in [1.29, 1.82) is 0 Å². The summed E-state index contributed by atoms with van der Waals surface area (Å²) in [5.74, 6) is 0. The predicted octanol–water partition coefficient (Wildman–Crippen LogP) is -0.590. The smallest absolute Gasteiger partial charge is 0.117 e. The average Bonchev–Trinajstić information content (AvgIpc) is 2.45. The summed E-state index contributed by atoms with van der Waals surface area (Å²) in [6, 6.07) is 0. The van der Waals surface area contributed by atoms with Crippen LogP contribution in [0.25, 0.3) is 0 Å². The molecule has 0 spiro atoms. The van der Waals surface area contributed by atoms with Crippen LogP contribution >= 0.6 is 0 Å². The number of hydrogen-bond acceptors (Lipinski definition) is 3. The van der Waals surface area contributed by atoms with E-state index in [1.807, 2.05) is 0 Å². The van der Waals surface area contributed by atoms with E-state index in [-0.39, 0.29) is 5.72 Å². The molecule has 1 aliphatic rings. The van der Waals surface area contributed by atoms with E-state index in [0.717, 1.165) is 12.8 Å². The lowest BCUT2D eigenvalue weighted by Crippen LogP contribution is -2.28. The van der Waals surface area contributed by atoms with Gasteiger partial charge >= 0.3 is 0 Å². The zero-order valence-electron chi connectivity index (χ0n) is 4.89. The molecule has 0 atom stereocenters. The first-order chi connectivity index (χ1) is 3.77. The van der Waals surface area contributed by atoms with E-state index in [4.69, 9.17) is 16.2 Å². The van der Waals surface area contributed by atoms with Crippen LogP contribution < -0.4 is 11.5 Å². The van der Waals surface area contributed by atoms with Crippen molar-refractivity contribution >= 4 is 0 Å². The molecule has 3 nitrogen and oxygen atoms in total. The van der Waals surface area contributed by atoms with Crippen molar-refractivity contribution in [3.8, 4) is 0 Å². The lowest BCUT2D eigenvalue weighted by atomic mass is 10.6. The minimum atomic E-state index is -0.278. The van der Waals surface area contributed by atoms with Crippen LogP contribution in [0, 0.1) is 0 Å². The second-order valence-electron chi connectivity index (χ2n) is 2.20. The maximum Gasteiger partial charge on any atom is 0.117 e. The second kappa shape index (κ2) is 2.01. The van der Waals surface area contributed by atoms with Crippen LogP contribution in [0.3, 0.4) is 0 Å². The SMILES string of the molecule is NCCOC1(N)CC1. The Morgan fingerprint density at radius 2 is 2.12 bits per heavy atom.